The largest absolute Gasteiger partial charge is 0.481 e. The Morgan fingerprint density at radius 3 is 2.74 bits per heavy atom. The molecule has 0 saturated heterocycles. The summed E-state index contributed by atoms with van der Waals surface area (Å²) in [7, 11) is 1.54. The van der Waals surface area contributed by atoms with Crippen LogP contribution >= 0.6 is 0 Å². The van der Waals surface area contributed by atoms with Crippen LogP contribution in [-0.2, 0) is 10.2 Å². The van der Waals surface area contributed by atoms with Gasteiger partial charge in [0.2, 0.25) is 0 Å². The first-order valence-corrected chi connectivity index (χ1v) is 7.84. The number of hydrogen-bond acceptors (Lipinski definition) is 4. The van der Waals surface area contributed by atoms with Crippen molar-refractivity contribution in [1.82, 2.24) is 9.97 Å². The van der Waals surface area contributed by atoms with Crippen LogP contribution in [0.1, 0.15) is 24.8 Å². The smallest absolute Gasteiger partial charge is 0.316 e. The standard InChI is InChI=1S/C18H18N2O3/c1-23-17-19-9-13(10-20-17)11-3-2-4-14(7-11)18-6-5-12(8-18)15(18)16(21)22/h2-4,7,9-10,12,15H,5-6,8H2,1H3,(H,21,22)/t12-,15+,18+/m0/s1. The van der Waals surface area contributed by atoms with Crippen LogP contribution in [0.4, 0.5) is 0 Å². The summed E-state index contributed by atoms with van der Waals surface area (Å²) in [6, 6.07) is 8.50. The number of nitrogens with zero attached hydrogens (tertiary/aromatic N) is 2. The summed E-state index contributed by atoms with van der Waals surface area (Å²) in [4.78, 5) is 19.9. The predicted molar refractivity (Wildman–Crippen MR) is 84.2 cm³/mol. The number of methoxy groups -OCH3 is 1. The lowest BCUT2D eigenvalue weighted by atomic mass is 9.57. The van der Waals surface area contributed by atoms with Gasteiger partial charge in [-0.2, -0.15) is 0 Å². The molecule has 2 aromatic rings. The summed E-state index contributed by atoms with van der Waals surface area (Å²) < 4.78 is 4.99. The summed E-state index contributed by atoms with van der Waals surface area (Å²) in [5.41, 5.74) is 2.87. The van der Waals surface area contributed by atoms with E-state index in [1.807, 2.05) is 12.1 Å². The normalized spacial score (nSPS) is 28.2. The summed E-state index contributed by atoms with van der Waals surface area (Å²) in [6.45, 7) is 0. The molecule has 3 aliphatic carbocycles. The summed E-state index contributed by atoms with van der Waals surface area (Å²) in [5, 5.41) is 9.55. The Bertz CT molecular complexity index is 755. The van der Waals surface area contributed by atoms with Crippen LogP contribution in [0, 0.1) is 11.8 Å². The molecule has 0 amide bonds. The van der Waals surface area contributed by atoms with Crippen LogP contribution in [0.3, 0.4) is 0 Å². The highest BCUT2D eigenvalue weighted by molar-refractivity contribution is 5.76. The van der Waals surface area contributed by atoms with E-state index in [1.54, 1.807) is 12.4 Å². The van der Waals surface area contributed by atoms with Gasteiger partial charge in [-0.25, -0.2) is 9.97 Å². The van der Waals surface area contributed by atoms with Gasteiger partial charge in [0.1, 0.15) is 0 Å². The van der Waals surface area contributed by atoms with Gasteiger partial charge in [-0.1, -0.05) is 24.3 Å². The summed E-state index contributed by atoms with van der Waals surface area (Å²) in [6.07, 6.45) is 6.45. The van der Waals surface area contributed by atoms with Crippen molar-refractivity contribution in [3.8, 4) is 17.1 Å². The number of benzene rings is 1. The van der Waals surface area contributed by atoms with E-state index < -0.39 is 5.97 Å². The van der Waals surface area contributed by atoms with Crippen LogP contribution in [-0.4, -0.2) is 28.2 Å². The number of aliphatic carboxylic acids is 1. The molecule has 3 aliphatic rings. The molecular formula is C18H18N2O3. The second kappa shape index (κ2) is 5.05. The third-order valence-corrected chi connectivity index (χ3v) is 5.50. The monoisotopic (exact) mass is 310 g/mol. The molecule has 1 aromatic heterocycles. The molecule has 23 heavy (non-hydrogen) atoms. The molecule has 0 spiro atoms. The van der Waals surface area contributed by atoms with Crippen LogP contribution in [0.5, 0.6) is 6.01 Å². The molecule has 1 N–H and O–H groups in total. The lowest BCUT2D eigenvalue weighted by Crippen LogP contribution is -2.48. The Hall–Kier alpha value is -2.43. The first kappa shape index (κ1) is 14.2. The van der Waals surface area contributed by atoms with Crippen molar-refractivity contribution < 1.29 is 14.6 Å². The first-order valence-electron chi connectivity index (χ1n) is 7.84. The highest BCUT2D eigenvalue weighted by Crippen LogP contribution is 2.64. The SMILES string of the molecule is COc1ncc(-c2cccc([C@@]34CC[C@@H](C3)[C@@H]4C(=O)O)c2)cn1. The number of fused-ring (bicyclic) bond motifs is 1. The van der Waals surface area contributed by atoms with Crippen molar-refractivity contribution in [2.24, 2.45) is 11.8 Å². The van der Waals surface area contributed by atoms with Crippen molar-refractivity contribution in [2.75, 3.05) is 7.11 Å². The van der Waals surface area contributed by atoms with Crippen LogP contribution in [0.2, 0.25) is 0 Å². The average Bonchev–Trinajstić information content (AvgIpc) is 3.15. The zero-order chi connectivity index (χ0) is 16.0. The number of carboxylic acid groups (broad SMARTS) is 1. The minimum Gasteiger partial charge on any atom is -0.481 e. The number of carboxylic acids is 1. The van der Waals surface area contributed by atoms with Crippen LogP contribution < -0.4 is 4.74 Å². The van der Waals surface area contributed by atoms with E-state index >= 15 is 0 Å². The number of rotatable bonds is 4. The highest BCUT2D eigenvalue weighted by Gasteiger charge is 2.62. The van der Waals surface area contributed by atoms with Crippen molar-refractivity contribution in [1.29, 1.82) is 0 Å². The molecule has 1 heterocycles. The Morgan fingerprint density at radius 2 is 2.09 bits per heavy atom. The number of aromatic nitrogens is 2. The Labute approximate surface area is 134 Å². The van der Waals surface area contributed by atoms with Gasteiger partial charge < -0.3 is 9.84 Å². The minimum atomic E-state index is -0.656. The van der Waals surface area contributed by atoms with Crippen molar-refractivity contribution in [2.45, 2.75) is 24.7 Å². The van der Waals surface area contributed by atoms with Gasteiger partial charge in [0.15, 0.2) is 0 Å². The van der Waals surface area contributed by atoms with Gasteiger partial charge in [0.05, 0.1) is 13.0 Å². The summed E-state index contributed by atoms with van der Waals surface area (Å²) in [5.74, 6) is -0.540. The molecule has 5 heteroatoms. The first-order chi connectivity index (χ1) is 11.1. The fraction of sp³-hybridized carbons (Fsp3) is 0.389. The molecular weight excluding hydrogens is 292 g/mol. The lowest BCUT2D eigenvalue weighted by molar-refractivity contribution is -0.150. The fourth-order valence-corrected chi connectivity index (χ4v) is 4.43. The van der Waals surface area contributed by atoms with Crippen LogP contribution in [0.15, 0.2) is 36.7 Å². The maximum atomic E-state index is 11.6. The molecule has 3 saturated carbocycles. The molecule has 0 unspecified atom stereocenters. The molecule has 5 nitrogen and oxygen atoms in total. The van der Waals surface area contributed by atoms with Crippen molar-refractivity contribution in [3.05, 3.63) is 42.2 Å². The molecule has 1 aromatic carbocycles. The highest BCUT2D eigenvalue weighted by atomic mass is 16.5. The quantitative estimate of drug-likeness (QED) is 0.940. The molecule has 0 radical (unpaired) electrons. The van der Waals surface area contributed by atoms with Gasteiger partial charge in [-0.3, -0.25) is 4.79 Å². The lowest BCUT2D eigenvalue weighted by Gasteiger charge is -2.45. The van der Waals surface area contributed by atoms with Crippen molar-refractivity contribution in [3.63, 3.8) is 0 Å². The van der Waals surface area contributed by atoms with E-state index in [1.165, 1.54) is 7.11 Å². The van der Waals surface area contributed by atoms with Gasteiger partial charge >= 0.3 is 12.0 Å². The number of carbonyl (C=O) groups is 1. The van der Waals surface area contributed by atoms with E-state index in [2.05, 4.69) is 22.1 Å². The second-order valence-corrected chi connectivity index (χ2v) is 6.51. The van der Waals surface area contributed by atoms with Crippen molar-refractivity contribution >= 4 is 5.97 Å². The molecule has 118 valence electrons. The zero-order valence-corrected chi connectivity index (χ0v) is 12.9. The Balaban J connectivity index is 1.70. The number of hydrogen-bond donors (Lipinski definition) is 1. The fourth-order valence-electron chi connectivity index (χ4n) is 4.43. The molecule has 0 aliphatic heterocycles. The Kier molecular flexibility index (Phi) is 3.11. The van der Waals surface area contributed by atoms with Gasteiger partial charge in [0.25, 0.3) is 0 Å². The van der Waals surface area contributed by atoms with E-state index in [-0.39, 0.29) is 11.3 Å². The van der Waals surface area contributed by atoms with Gasteiger partial charge in [-0.15, -0.1) is 0 Å². The maximum absolute atomic E-state index is 11.6. The second-order valence-electron chi connectivity index (χ2n) is 6.51. The average molecular weight is 310 g/mol. The van der Waals surface area contributed by atoms with E-state index in [9.17, 15) is 9.90 Å². The predicted octanol–water partition coefficient (Wildman–Crippen LogP) is 2.90. The molecule has 2 bridgehead atoms. The molecule has 3 fully saturated rings. The Morgan fingerprint density at radius 1 is 1.30 bits per heavy atom. The molecule has 5 rings (SSSR count). The number of ether oxygens (including phenoxy) is 1. The third-order valence-electron chi connectivity index (χ3n) is 5.50. The van der Waals surface area contributed by atoms with Gasteiger partial charge in [-0.05, 0) is 36.3 Å². The van der Waals surface area contributed by atoms with E-state index in [0.29, 0.717) is 11.9 Å². The van der Waals surface area contributed by atoms with E-state index in [0.717, 1.165) is 36.0 Å². The minimum absolute atomic E-state index is 0.181. The van der Waals surface area contributed by atoms with Gasteiger partial charge in [0, 0.05) is 23.4 Å². The summed E-state index contributed by atoms with van der Waals surface area (Å²) >= 11 is 0. The maximum Gasteiger partial charge on any atom is 0.316 e. The zero-order valence-electron chi connectivity index (χ0n) is 12.9. The van der Waals surface area contributed by atoms with Crippen LogP contribution in [0.25, 0.3) is 11.1 Å². The third kappa shape index (κ3) is 2.03. The van der Waals surface area contributed by atoms with E-state index in [4.69, 9.17) is 4.74 Å². The topological polar surface area (TPSA) is 72.3 Å². The molecule has 3 atom stereocenters.